The molecule has 0 aliphatic carbocycles. The Balaban J connectivity index is 1.61. The Morgan fingerprint density at radius 3 is 1.56 bits per heavy atom. The highest BCUT2D eigenvalue weighted by Gasteiger charge is 2.66. The minimum absolute atomic E-state index is 0.0559. The molecule has 2 aromatic rings. The smallest absolute Gasteiger partial charge is 0.217 e. The number of ketones is 2. The predicted molar refractivity (Wildman–Crippen MR) is 94.1 cm³/mol. The summed E-state index contributed by atoms with van der Waals surface area (Å²) in [7, 11) is 3.74. The van der Waals surface area contributed by atoms with Gasteiger partial charge in [-0.15, -0.1) is 0 Å². The van der Waals surface area contributed by atoms with Crippen molar-refractivity contribution in [2.75, 3.05) is 23.9 Å². The van der Waals surface area contributed by atoms with Gasteiger partial charge in [0.25, 0.3) is 0 Å². The largest absolute Gasteiger partial charge is 0.339 e. The third-order valence-corrected chi connectivity index (χ3v) is 5.95. The molecule has 25 heavy (non-hydrogen) atoms. The lowest BCUT2D eigenvalue weighted by Gasteiger charge is -2.37. The van der Waals surface area contributed by atoms with Crippen molar-refractivity contribution in [2.45, 2.75) is 24.3 Å². The monoisotopic (exact) mass is 334 g/mol. The fourth-order valence-corrected chi connectivity index (χ4v) is 4.54. The van der Waals surface area contributed by atoms with Crippen LogP contribution in [0.2, 0.25) is 0 Å². The van der Waals surface area contributed by atoms with Crippen LogP contribution in [0.5, 0.6) is 0 Å². The number of nitrogens with zero attached hydrogens (tertiary/aromatic N) is 2. The van der Waals surface area contributed by atoms with Crippen LogP contribution in [0.4, 0.5) is 11.4 Å². The lowest BCUT2D eigenvalue weighted by Crippen LogP contribution is -2.55. The number of benzene rings is 2. The number of anilines is 2. The van der Waals surface area contributed by atoms with E-state index in [2.05, 4.69) is 0 Å². The zero-order chi connectivity index (χ0) is 17.4. The van der Waals surface area contributed by atoms with Crippen LogP contribution in [0.3, 0.4) is 0 Å². The van der Waals surface area contributed by atoms with Crippen molar-refractivity contribution in [1.82, 2.24) is 0 Å². The van der Waals surface area contributed by atoms with Gasteiger partial charge in [-0.2, -0.15) is 0 Å². The summed E-state index contributed by atoms with van der Waals surface area (Å²) in [6, 6.07) is 15.0. The van der Waals surface area contributed by atoms with E-state index in [0.29, 0.717) is 24.0 Å². The molecule has 3 aliphatic heterocycles. The van der Waals surface area contributed by atoms with E-state index in [9.17, 15) is 9.59 Å². The van der Waals surface area contributed by atoms with Crippen LogP contribution in [0.25, 0.3) is 0 Å². The molecule has 1 fully saturated rings. The summed E-state index contributed by atoms with van der Waals surface area (Å²) in [5.74, 6) is -0.112. The Kier molecular flexibility index (Phi) is 2.63. The minimum Gasteiger partial charge on any atom is -0.339 e. The second-order valence-electron chi connectivity index (χ2n) is 6.98. The molecular formula is C20H18N2O3. The molecule has 2 aromatic carbocycles. The van der Waals surface area contributed by atoms with E-state index in [1.165, 1.54) is 0 Å². The van der Waals surface area contributed by atoms with Gasteiger partial charge in [-0.05, 0) is 24.3 Å². The number of rotatable bonds is 0. The van der Waals surface area contributed by atoms with Gasteiger partial charge in [-0.25, -0.2) is 0 Å². The molecule has 0 radical (unpaired) electrons. The average molecular weight is 334 g/mol. The summed E-state index contributed by atoms with van der Waals surface area (Å²) in [5, 5.41) is 0. The van der Waals surface area contributed by atoms with Crippen LogP contribution >= 0.6 is 0 Å². The van der Waals surface area contributed by atoms with Crippen LogP contribution in [-0.4, -0.2) is 37.1 Å². The predicted octanol–water partition coefficient (Wildman–Crippen LogP) is 2.85. The first-order chi connectivity index (χ1) is 12.0. The molecule has 1 saturated heterocycles. The van der Waals surface area contributed by atoms with Gasteiger partial charge in [0.05, 0.1) is 11.4 Å². The molecule has 3 aliphatic rings. The second kappa shape index (κ2) is 4.49. The quantitative estimate of drug-likeness (QED) is 0.741. The maximum Gasteiger partial charge on any atom is 0.217 e. The molecule has 0 saturated carbocycles. The first kappa shape index (κ1) is 14.7. The highest BCUT2D eigenvalue weighted by Crippen LogP contribution is 2.53. The Morgan fingerprint density at radius 1 is 0.760 bits per heavy atom. The number of carbonyl (C=O) groups is 2. The molecule has 2 atom stereocenters. The highest BCUT2D eigenvalue weighted by molar-refractivity contribution is 6.16. The zero-order valence-corrected chi connectivity index (χ0v) is 14.2. The normalized spacial score (nSPS) is 29.8. The van der Waals surface area contributed by atoms with Crippen LogP contribution in [0.15, 0.2) is 48.5 Å². The highest BCUT2D eigenvalue weighted by atomic mass is 16.6. The Hall–Kier alpha value is -2.66. The molecule has 0 N–H and O–H groups in total. The molecular weight excluding hydrogens is 316 g/mol. The van der Waals surface area contributed by atoms with Crippen LogP contribution in [0, 0.1) is 0 Å². The van der Waals surface area contributed by atoms with E-state index in [4.69, 9.17) is 4.74 Å². The van der Waals surface area contributed by atoms with E-state index in [0.717, 1.165) is 11.4 Å². The maximum absolute atomic E-state index is 13.2. The van der Waals surface area contributed by atoms with Crippen molar-refractivity contribution in [3.8, 4) is 0 Å². The number of para-hydroxylation sites is 2. The number of ether oxygens (including phenoxy) is 1. The fraction of sp³-hybridized carbons (Fsp3) is 0.300. The van der Waals surface area contributed by atoms with Gasteiger partial charge in [-0.3, -0.25) is 9.59 Å². The summed E-state index contributed by atoms with van der Waals surface area (Å²) in [6.45, 7) is 0. The molecule has 2 spiro atoms. The van der Waals surface area contributed by atoms with Gasteiger partial charge in [0.1, 0.15) is 0 Å². The van der Waals surface area contributed by atoms with Gasteiger partial charge in [0, 0.05) is 38.1 Å². The molecule has 0 amide bonds. The summed E-state index contributed by atoms with van der Waals surface area (Å²) < 4.78 is 6.43. The van der Waals surface area contributed by atoms with Crippen molar-refractivity contribution in [1.29, 1.82) is 0 Å². The van der Waals surface area contributed by atoms with Gasteiger partial charge < -0.3 is 14.5 Å². The maximum atomic E-state index is 13.2. The van der Waals surface area contributed by atoms with Crippen LogP contribution in [0.1, 0.15) is 33.6 Å². The van der Waals surface area contributed by atoms with Crippen molar-refractivity contribution >= 4 is 22.9 Å². The SMILES string of the molecule is CN1c2ccccc2C(=O)C12CCC1(O2)C(=O)c2ccccc2N1C. The molecule has 5 heteroatoms. The molecule has 0 bridgehead atoms. The summed E-state index contributed by atoms with van der Waals surface area (Å²) in [5.41, 5.74) is 0.830. The topological polar surface area (TPSA) is 49.9 Å². The fourth-order valence-electron chi connectivity index (χ4n) is 4.54. The Labute approximate surface area is 145 Å². The molecule has 5 nitrogen and oxygen atoms in total. The standard InChI is InChI=1S/C20H18N2O3/c1-21-15-9-5-3-7-13(15)17(23)19(21)11-12-20(25-19)18(24)14-8-4-6-10-16(14)22(20)2/h3-10H,11-12H2,1-2H3. The number of carbonyl (C=O) groups excluding carboxylic acids is 2. The van der Waals surface area contributed by atoms with E-state index in [1.807, 2.05) is 72.4 Å². The number of Topliss-reactive ketones (excluding diaryl/α,β-unsaturated/α-hetero) is 2. The summed E-state index contributed by atoms with van der Waals surface area (Å²) in [4.78, 5) is 30.1. The molecule has 2 unspecified atom stereocenters. The van der Waals surface area contributed by atoms with Gasteiger partial charge in [0.15, 0.2) is 0 Å². The summed E-state index contributed by atoms with van der Waals surface area (Å²) in [6.07, 6.45) is 0.974. The lowest BCUT2D eigenvalue weighted by molar-refractivity contribution is -0.0583. The number of likely N-dealkylation sites (N-methyl/N-ethyl adjacent to an activating group) is 2. The van der Waals surface area contributed by atoms with Crippen LogP contribution < -0.4 is 9.80 Å². The Morgan fingerprint density at radius 2 is 1.16 bits per heavy atom. The third-order valence-electron chi connectivity index (χ3n) is 5.95. The lowest BCUT2D eigenvalue weighted by atomic mass is 9.98. The molecule has 0 aromatic heterocycles. The van der Waals surface area contributed by atoms with E-state index < -0.39 is 11.4 Å². The molecule has 3 heterocycles. The van der Waals surface area contributed by atoms with Crippen molar-refractivity contribution < 1.29 is 14.3 Å². The van der Waals surface area contributed by atoms with Crippen LogP contribution in [-0.2, 0) is 4.74 Å². The van der Waals surface area contributed by atoms with Gasteiger partial charge in [-0.1, -0.05) is 24.3 Å². The Bertz CT molecular complexity index is 865. The first-order valence-electron chi connectivity index (χ1n) is 8.47. The van der Waals surface area contributed by atoms with Crippen molar-refractivity contribution in [3.63, 3.8) is 0 Å². The van der Waals surface area contributed by atoms with E-state index in [-0.39, 0.29) is 11.6 Å². The third kappa shape index (κ3) is 1.53. The molecule has 126 valence electrons. The van der Waals surface area contributed by atoms with Crippen molar-refractivity contribution in [2.24, 2.45) is 0 Å². The minimum atomic E-state index is -1.10. The van der Waals surface area contributed by atoms with Gasteiger partial charge in [0.2, 0.25) is 23.0 Å². The summed E-state index contributed by atoms with van der Waals surface area (Å²) >= 11 is 0. The number of hydrogen-bond donors (Lipinski definition) is 0. The number of fused-ring (bicyclic) bond motifs is 2. The average Bonchev–Trinajstić information content (AvgIpc) is 3.22. The van der Waals surface area contributed by atoms with E-state index in [1.54, 1.807) is 0 Å². The van der Waals surface area contributed by atoms with Crippen molar-refractivity contribution in [3.05, 3.63) is 59.7 Å². The van der Waals surface area contributed by atoms with E-state index >= 15 is 0 Å². The second-order valence-corrected chi connectivity index (χ2v) is 6.98. The molecule has 5 rings (SSSR count). The zero-order valence-electron chi connectivity index (χ0n) is 14.2. The number of hydrogen-bond acceptors (Lipinski definition) is 5. The van der Waals surface area contributed by atoms with Gasteiger partial charge >= 0.3 is 0 Å². The first-order valence-corrected chi connectivity index (χ1v) is 8.47.